The minimum absolute atomic E-state index is 0.0241. The Hall–Kier alpha value is -0.950. The Bertz CT molecular complexity index is 253. The van der Waals surface area contributed by atoms with Crippen molar-refractivity contribution in [2.24, 2.45) is 0 Å². The normalized spacial score (nSPS) is 25.4. The van der Waals surface area contributed by atoms with E-state index in [-0.39, 0.29) is 25.6 Å². The van der Waals surface area contributed by atoms with Crippen LogP contribution in [0.5, 0.6) is 0 Å². The number of halogens is 2. The molecule has 0 heterocycles. The first kappa shape index (κ1) is 11.1. The Kier molecular flexibility index (Phi) is 4.02. The quantitative estimate of drug-likeness (QED) is 0.515. The first-order valence-electron chi connectivity index (χ1n) is 4.57. The highest BCUT2D eigenvalue weighted by Crippen LogP contribution is 2.24. The third-order valence-corrected chi connectivity index (χ3v) is 2.04. The van der Waals surface area contributed by atoms with Crippen LogP contribution in [0.15, 0.2) is 0 Å². The Morgan fingerprint density at radius 2 is 2.29 bits per heavy atom. The zero-order chi connectivity index (χ0) is 10.4. The van der Waals surface area contributed by atoms with Crippen molar-refractivity contribution in [3.05, 3.63) is 0 Å². The molecule has 0 radical (unpaired) electrons. The number of hydrogen-bond donors (Lipinski definition) is 0. The van der Waals surface area contributed by atoms with E-state index < -0.39 is 5.92 Å². The molecule has 0 N–H and O–H groups in total. The molecule has 1 aliphatic rings. The van der Waals surface area contributed by atoms with Crippen molar-refractivity contribution in [3.63, 3.8) is 0 Å². The Morgan fingerprint density at radius 3 is 3.00 bits per heavy atom. The molecule has 1 aliphatic carbocycles. The Morgan fingerprint density at radius 1 is 1.50 bits per heavy atom. The third kappa shape index (κ3) is 3.84. The van der Waals surface area contributed by atoms with Gasteiger partial charge in [-0.2, -0.15) is 8.78 Å². The number of rotatable bonds is 3. The Balaban J connectivity index is 2.46. The van der Waals surface area contributed by atoms with Gasteiger partial charge < -0.3 is 9.53 Å². The van der Waals surface area contributed by atoms with Gasteiger partial charge in [-0.3, -0.25) is 0 Å². The van der Waals surface area contributed by atoms with Crippen LogP contribution in [-0.2, 0) is 9.53 Å². The molecule has 0 bridgehead atoms. The molecule has 0 spiro atoms. The van der Waals surface area contributed by atoms with Crippen molar-refractivity contribution >= 4 is 6.29 Å². The third-order valence-electron chi connectivity index (χ3n) is 2.04. The highest BCUT2D eigenvalue weighted by atomic mass is 19.3. The summed E-state index contributed by atoms with van der Waals surface area (Å²) < 4.78 is 30.8. The molecular formula is C10H12F2O2. The maximum atomic E-state index is 12.8. The highest BCUT2D eigenvalue weighted by molar-refractivity contribution is 5.50. The number of aldehydes is 1. The van der Waals surface area contributed by atoms with Gasteiger partial charge in [0.05, 0.1) is 6.10 Å². The maximum absolute atomic E-state index is 12.8. The molecule has 0 aromatic heterocycles. The van der Waals surface area contributed by atoms with Gasteiger partial charge in [0.15, 0.2) is 0 Å². The van der Waals surface area contributed by atoms with Gasteiger partial charge in [-0.25, -0.2) is 0 Å². The number of ether oxygens (including phenoxy) is 1. The molecule has 1 rings (SSSR count). The van der Waals surface area contributed by atoms with Crippen molar-refractivity contribution in [2.75, 3.05) is 6.61 Å². The summed E-state index contributed by atoms with van der Waals surface area (Å²) in [6, 6.07) is 0. The van der Waals surface area contributed by atoms with E-state index in [0.717, 1.165) is 0 Å². The smallest absolute Gasteiger partial charge is 0.308 e. The summed E-state index contributed by atoms with van der Waals surface area (Å²) in [7, 11) is 0. The molecule has 0 aromatic carbocycles. The summed E-state index contributed by atoms with van der Waals surface area (Å²) in [5.74, 6) is 1.45. The summed E-state index contributed by atoms with van der Waals surface area (Å²) in [6.07, 6.45) is 1.36. The van der Waals surface area contributed by atoms with E-state index in [4.69, 9.17) is 4.74 Å². The molecule has 2 nitrogen and oxygen atoms in total. The molecule has 0 aromatic rings. The summed E-state index contributed by atoms with van der Waals surface area (Å²) >= 11 is 0. The first-order valence-corrected chi connectivity index (χ1v) is 4.57. The van der Waals surface area contributed by atoms with E-state index in [1.807, 2.05) is 5.92 Å². The lowest BCUT2D eigenvalue weighted by atomic mass is 10.0. The molecule has 14 heavy (non-hydrogen) atoms. The van der Waals surface area contributed by atoms with Gasteiger partial charge in [-0.15, -0.1) is 0 Å². The lowest BCUT2D eigenvalue weighted by molar-refractivity contribution is -0.114. The lowest BCUT2D eigenvalue weighted by Gasteiger charge is -2.19. The van der Waals surface area contributed by atoms with Crippen LogP contribution in [-0.4, -0.2) is 24.9 Å². The van der Waals surface area contributed by atoms with Gasteiger partial charge in [-0.05, 0) is 18.8 Å². The van der Waals surface area contributed by atoms with Crippen molar-refractivity contribution in [1.29, 1.82) is 0 Å². The molecule has 0 fully saturated rings. The number of carbonyl (C=O) groups excluding carboxylic acids is 1. The van der Waals surface area contributed by atoms with Crippen LogP contribution in [0.25, 0.3) is 0 Å². The van der Waals surface area contributed by atoms with Gasteiger partial charge in [0.1, 0.15) is 12.9 Å². The largest absolute Gasteiger partial charge is 0.371 e. The first-order chi connectivity index (χ1) is 6.64. The van der Waals surface area contributed by atoms with Crippen molar-refractivity contribution in [3.8, 4) is 11.8 Å². The molecule has 0 amide bonds. The molecule has 0 saturated heterocycles. The van der Waals surface area contributed by atoms with Crippen LogP contribution in [0, 0.1) is 11.8 Å². The van der Waals surface area contributed by atoms with E-state index in [9.17, 15) is 13.6 Å². The second-order valence-corrected chi connectivity index (χ2v) is 3.21. The SMILES string of the molecule is O=CCOC1CCC#CC(F)(F)CC1. The van der Waals surface area contributed by atoms with Gasteiger partial charge >= 0.3 is 5.92 Å². The average molecular weight is 202 g/mol. The summed E-state index contributed by atoms with van der Waals surface area (Å²) in [5, 5.41) is 0. The van der Waals surface area contributed by atoms with Crippen LogP contribution in [0.3, 0.4) is 0 Å². The second-order valence-electron chi connectivity index (χ2n) is 3.21. The maximum Gasteiger partial charge on any atom is 0.308 e. The minimum atomic E-state index is -2.90. The van der Waals surface area contributed by atoms with E-state index in [2.05, 4.69) is 5.92 Å². The average Bonchev–Trinajstić information content (AvgIpc) is 2.12. The Labute approximate surface area is 81.6 Å². The summed E-state index contributed by atoms with van der Waals surface area (Å²) in [4.78, 5) is 10.0. The predicted octanol–water partition coefficient (Wildman–Crippen LogP) is 1.78. The summed E-state index contributed by atoms with van der Waals surface area (Å²) in [5.41, 5.74) is 0. The molecular weight excluding hydrogens is 190 g/mol. The number of carbonyl (C=O) groups is 1. The molecule has 0 aliphatic heterocycles. The fraction of sp³-hybridized carbons (Fsp3) is 0.700. The van der Waals surface area contributed by atoms with E-state index in [0.29, 0.717) is 19.1 Å². The lowest BCUT2D eigenvalue weighted by Crippen LogP contribution is -2.22. The topological polar surface area (TPSA) is 26.3 Å². The predicted molar refractivity (Wildman–Crippen MR) is 47.0 cm³/mol. The molecule has 0 saturated carbocycles. The zero-order valence-electron chi connectivity index (χ0n) is 7.76. The monoisotopic (exact) mass is 202 g/mol. The minimum Gasteiger partial charge on any atom is -0.371 e. The van der Waals surface area contributed by atoms with Crippen molar-refractivity contribution in [2.45, 2.75) is 37.7 Å². The second kappa shape index (κ2) is 5.06. The van der Waals surface area contributed by atoms with Crippen LogP contribution in [0.2, 0.25) is 0 Å². The van der Waals surface area contributed by atoms with Gasteiger partial charge in [0.2, 0.25) is 0 Å². The molecule has 4 heteroatoms. The summed E-state index contributed by atoms with van der Waals surface area (Å²) in [6.45, 7) is -0.0241. The van der Waals surface area contributed by atoms with Crippen LogP contribution in [0.4, 0.5) is 8.78 Å². The standard InChI is InChI=1S/C10H12F2O2/c11-10(12)5-2-1-3-9(4-6-10)14-8-7-13/h7,9H,1,3-4,6,8H2. The molecule has 1 unspecified atom stereocenters. The van der Waals surface area contributed by atoms with Crippen LogP contribution >= 0.6 is 0 Å². The van der Waals surface area contributed by atoms with E-state index in [1.165, 1.54) is 0 Å². The fourth-order valence-corrected chi connectivity index (χ4v) is 1.32. The fourth-order valence-electron chi connectivity index (χ4n) is 1.32. The highest BCUT2D eigenvalue weighted by Gasteiger charge is 2.28. The zero-order valence-corrected chi connectivity index (χ0v) is 7.76. The number of hydrogen-bond acceptors (Lipinski definition) is 2. The van der Waals surface area contributed by atoms with Gasteiger partial charge in [0.25, 0.3) is 0 Å². The molecule has 78 valence electrons. The molecule has 1 atom stereocenters. The van der Waals surface area contributed by atoms with Gasteiger partial charge in [-0.1, -0.05) is 5.92 Å². The van der Waals surface area contributed by atoms with Crippen LogP contribution < -0.4 is 0 Å². The number of alkyl halides is 2. The van der Waals surface area contributed by atoms with Gasteiger partial charge in [0, 0.05) is 12.8 Å². The van der Waals surface area contributed by atoms with Crippen molar-refractivity contribution in [1.82, 2.24) is 0 Å². The van der Waals surface area contributed by atoms with E-state index in [1.54, 1.807) is 0 Å². The van der Waals surface area contributed by atoms with E-state index >= 15 is 0 Å². The van der Waals surface area contributed by atoms with Crippen LogP contribution in [0.1, 0.15) is 25.7 Å². The van der Waals surface area contributed by atoms with Crippen molar-refractivity contribution < 1.29 is 18.3 Å².